The number of hydrogen-bond acceptors (Lipinski definition) is 3. The number of sulfonamides is 1. The molecule has 0 radical (unpaired) electrons. The van der Waals surface area contributed by atoms with Crippen molar-refractivity contribution in [2.45, 2.75) is 45.6 Å². The van der Waals surface area contributed by atoms with Crippen molar-refractivity contribution in [3.05, 3.63) is 35.9 Å². The van der Waals surface area contributed by atoms with Gasteiger partial charge in [-0.05, 0) is 30.9 Å². The van der Waals surface area contributed by atoms with Crippen LogP contribution in [0.3, 0.4) is 0 Å². The standard InChI is InChI=1S/C16H28N2O2S/c1-14(2)17-11-7-8-12-21(19,20)18-13-15(3)16-9-5-4-6-10-16/h4-6,9-10,14-15,17-18H,7-8,11-13H2,1-3H3. The highest BCUT2D eigenvalue weighted by Gasteiger charge is 2.12. The SMILES string of the molecule is CC(C)NCCCCS(=O)(=O)NCC(C)c1ccccc1. The lowest BCUT2D eigenvalue weighted by Crippen LogP contribution is -2.30. The van der Waals surface area contributed by atoms with Gasteiger partial charge in [-0.1, -0.05) is 51.1 Å². The molecule has 21 heavy (non-hydrogen) atoms. The minimum absolute atomic E-state index is 0.184. The Balaban J connectivity index is 2.26. The Labute approximate surface area is 129 Å². The van der Waals surface area contributed by atoms with Crippen molar-refractivity contribution in [3.8, 4) is 0 Å². The highest BCUT2D eigenvalue weighted by atomic mass is 32.2. The van der Waals surface area contributed by atoms with Gasteiger partial charge in [0.2, 0.25) is 10.0 Å². The molecule has 0 saturated heterocycles. The van der Waals surface area contributed by atoms with E-state index in [1.165, 1.54) is 0 Å². The number of nitrogens with one attached hydrogen (secondary N) is 2. The highest BCUT2D eigenvalue weighted by molar-refractivity contribution is 7.89. The molecule has 2 N–H and O–H groups in total. The molecule has 1 unspecified atom stereocenters. The van der Waals surface area contributed by atoms with Crippen LogP contribution in [0, 0.1) is 0 Å². The predicted octanol–water partition coefficient (Wildman–Crippen LogP) is 2.49. The summed E-state index contributed by atoms with van der Waals surface area (Å²) in [6.07, 6.45) is 1.57. The van der Waals surface area contributed by atoms with Gasteiger partial charge in [-0.15, -0.1) is 0 Å². The maximum Gasteiger partial charge on any atom is 0.211 e. The molecule has 0 bridgehead atoms. The van der Waals surface area contributed by atoms with Gasteiger partial charge in [-0.2, -0.15) is 0 Å². The normalized spacial score (nSPS) is 13.5. The molecule has 1 aromatic rings. The Morgan fingerprint density at radius 2 is 1.71 bits per heavy atom. The van der Waals surface area contributed by atoms with Crippen LogP contribution in [-0.2, 0) is 10.0 Å². The number of rotatable bonds is 10. The largest absolute Gasteiger partial charge is 0.315 e. The molecule has 0 saturated carbocycles. The summed E-state index contributed by atoms with van der Waals surface area (Å²) in [6.45, 7) is 7.53. The van der Waals surface area contributed by atoms with Crippen LogP contribution in [0.4, 0.5) is 0 Å². The van der Waals surface area contributed by atoms with Crippen LogP contribution < -0.4 is 10.0 Å². The molecule has 0 aliphatic rings. The zero-order valence-corrected chi connectivity index (χ0v) is 14.1. The molecule has 5 heteroatoms. The third-order valence-corrected chi connectivity index (χ3v) is 4.80. The molecule has 0 aliphatic carbocycles. The van der Waals surface area contributed by atoms with Crippen LogP contribution >= 0.6 is 0 Å². The zero-order valence-electron chi connectivity index (χ0n) is 13.3. The first-order valence-electron chi connectivity index (χ1n) is 7.66. The second-order valence-corrected chi connectivity index (χ2v) is 7.72. The van der Waals surface area contributed by atoms with Crippen molar-refractivity contribution in [1.82, 2.24) is 10.0 Å². The molecule has 0 amide bonds. The van der Waals surface area contributed by atoms with E-state index in [0.29, 0.717) is 19.0 Å². The zero-order chi connectivity index (χ0) is 15.7. The molecular weight excluding hydrogens is 284 g/mol. The van der Waals surface area contributed by atoms with Gasteiger partial charge in [0.15, 0.2) is 0 Å². The predicted molar refractivity (Wildman–Crippen MR) is 89.0 cm³/mol. The number of hydrogen-bond donors (Lipinski definition) is 2. The summed E-state index contributed by atoms with van der Waals surface area (Å²) in [5.41, 5.74) is 1.15. The van der Waals surface area contributed by atoms with E-state index in [0.717, 1.165) is 18.5 Å². The van der Waals surface area contributed by atoms with Crippen LogP contribution in [0.1, 0.15) is 45.1 Å². The van der Waals surface area contributed by atoms with Gasteiger partial charge in [0.25, 0.3) is 0 Å². The first-order chi connectivity index (χ1) is 9.91. The fourth-order valence-corrected chi connectivity index (χ4v) is 3.26. The second kappa shape index (κ2) is 9.18. The van der Waals surface area contributed by atoms with E-state index in [1.54, 1.807) is 0 Å². The maximum atomic E-state index is 11.9. The average molecular weight is 312 g/mol. The molecule has 0 aromatic heterocycles. The first kappa shape index (κ1) is 18.1. The van der Waals surface area contributed by atoms with Crippen LogP contribution in [0.25, 0.3) is 0 Å². The smallest absolute Gasteiger partial charge is 0.211 e. The van der Waals surface area contributed by atoms with Crippen molar-refractivity contribution in [2.24, 2.45) is 0 Å². The van der Waals surface area contributed by atoms with Crippen molar-refractivity contribution in [1.29, 1.82) is 0 Å². The molecule has 0 fully saturated rings. The molecule has 0 spiro atoms. The molecule has 120 valence electrons. The molecule has 1 aromatic carbocycles. The quantitative estimate of drug-likeness (QED) is 0.653. The minimum Gasteiger partial charge on any atom is -0.315 e. The van der Waals surface area contributed by atoms with Gasteiger partial charge in [-0.25, -0.2) is 13.1 Å². The van der Waals surface area contributed by atoms with Gasteiger partial charge in [0, 0.05) is 12.6 Å². The van der Waals surface area contributed by atoms with E-state index < -0.39 is 10.0 Å². The second-order valence-electron chi connectivity index (χ2n) is 5.79. The Morgan fingerprint density at radius 3 is 2.33 bits per heavy atom. The first-order valence-corrected chi connectivity index (χ1v) is 9.31. The summed E-state index contributed by atoms with van der Waals surface area (Å²) in [4.78, 5) is 0. The van der Waals surface area contributed by atoms with Crippen molar-refractivity contribution >= 4 is 10.0 Å². The van der Waals surface area contributed by atoms with Crippen LogP contribution in [0.5, 0.6) is 0 Å². The van der Waals surface area contributed by atoms with Gasteiger partial charge in [-0.3, -0.25) is 0 Å². The van der Waals surface area contributed by atoms with Crippen molar-refractivity contribution < 1.29 is 8.42 Å². The molecule has 4 nitrogen and oxygen atoms in total. The van der Waals surface area contributed by atoms with E-state index in [1.807, 2.05) is 37.3 Å². The molecule has 0 heterocycles. The van der Waals surface area contributed by atoms with E-state index in [4.69, 9.17) is 0 Å². The Kier molecular flexibility index (Phi) is 7.93. The van der Waals surface area contributed by atoms with Gasteiger partial charge in [0.1, 0.15) is 0 Å². The lowest BCUT2D eigenvalue weighted by molar-refractivity contribution is 0.553. The van der Waals surface area contributed by atoms with E-state index in [9.17, 15) is 8.42 Å². The van der Waals surface area contributed by atoms with Gasteiger partial charge >= 0.3 is 0 Å². The average Bonchev–Trinajstić information content (AvgIpc) is 2.45. The highest BCUT2D eigenvalue weighted by Crippen LogP contribution is 2.13. The van der Waals surface area contributed by atoms with Gasteiger partial charge in [0.05, 0.1) is 5.75 Å². The molecular formula is C16H28N2O2S. The van der Waals surface area contributed by atoms with Crippen LogP contribution in [0.15, 0.2) is 30.3 Å². The third kappa shape index (κ3) is 8.19. The molecule has 1 rings (SSSR count). The summed E-state index contributed by atoms with van der Waals surface area (Å²) < 4.78 is 26.6. The fourth-order valence-electron chi connectivity index (χ4n) is 2.03. The maximum absolute atomic E-state index is 11.9. The Bertz CT molecular complexity index is 486. The summed E-state index contributed by atoms with van der Waals surface area (Å²) in [7, 11) is -3.16. The van der Waals surface area contributed by atoms with E-state index in [2.05, 4.69) is 23.9 Å². The lowest BCUT2D eigenvalue weighted by Gasteiger charge is -2.13. The Morgan fingerprint density at radius 1 is 1.05 bits per heavy atom. The summed E-state index contributed by atoms with van der Waals surface area (Å²) in [5.74, 6) is 0.387. The van der Waals surface area contributed by atoms with Crippen LogP contribution in [-0.4, -0.2) is 33.3 Å². The number of unbranched alkanes of at least 4 members (excludes halogenated alkanes) is 1. The Hall–Kier alpha value is -0.910. The van der Waals surface area contributed by atoms with Crippen molar-refractivity contribution in [2.75, 3.05) is 18.8 Å². The van der Waals surface area contributed by atoms with Crippen LogP contribution in [0.2, 0.25) is 0 Å². The monoisotopic (exact) mass is 312 g/mol. The topological polar surface area (TPSA) is 58.2 Å². The summed E-state index contributed by atoms with van der Waals surface area (Å²) in [6, 6.07) is 10.4. The van der Waals surface area contributed by atoms with E-state index in [-0.39, 0.29) is 11.7 Å². The minimum atomic E-state index is -3.16. The van der Waals surface area contributed by atoms with Crippen molar-refractivity contribution in [3.63, 3.8) is 0 Å². The van der Waals surface area contributed by atoms with E-state index >= 15 is 0 Å². The van der Waals surface area contributed by atoms with Gasteiger partial charge < -0.3 is 5.32 Å². The molecule has 0 aliphatic heterocycles. The number of benzene rings is 1. The fraction of sp³-hybridized carbons (Fsp3) is 0.625. The lowest BCUT2D eigenvalue weighted by atomic mass is 10.0. The summed E-state index contributed by atoms with van der Waals surface area (Å²) in [5, 5.41) is 3.29. The molecule has 1 atom stereocenters. The summed E-state index contributed by atoms with van der Waals surface area (Å²) >= 11 is 0. The third-order valence-electron chi connectivity index (χ3n) is 3.37.